The number of methoxy groups -OCH3 is 1. The maximum atomic E-state index is 10.3. The molecule has 0 saturated heterocycles. The molecule has 0 fully saturated rings. The van der Waals surface area contributed by atoms with Crippen molar-refractivity contribution in [1.82, 2.24) is 9.88 Å². The summed E-state index contributed by atoms with van der Waals surface area (Å²) < 4.78 is 5.17. The number of thiazole rings is 1. The van der Waals surface area contributed by atoms with Gasteiger partial charge in [-0.2, -0.15) is 0 Å². The number of amidine groups is 1. The van der Waals surface area contributed by atoms with Gasteiger partial charge in [-0.3, -0.25) is 5.41 Å². The van der Waals surface area contributed by atoms with Gasteiger partial charge in [-0.05, 0) is 30.2 Å². The average Bonchev–Trinajstić information content (AvgIpc) is 3.12. The number of benzene rings is 1. The standard InChI is InChI=1S/C18H21N3O2S/c1-11(2)8-21-9-15(22)16(17(21)19)18-20-14(10-24-18)12-4-6-13(23-3)7-5-12/h4-7,10-11,19,22H,8-9H2,1-3H3. The van der Waals surface area contributed by atoms with Gasteiger partial charge in [-0.1, -0.05) is 13.8 Å². The smallest absolute Gasteiger partial charge is 0.135 e. The first-order chi connectivity index (χ1) is 11.5. The van der Waals surface area contributed by atoms with Crippen LogP contribution in [0.15, 0.2) is 35.4 Å². The molecule has 1 aromatic carbocycles. The maximum Gasteiger partial charge on any atom is 0.135 e. The predicted molar refractivity (Wildman–Crippen MR) is 97.8 cm³/mol. The minimum atomic E-state index is 0.233. The van der Waals surface area contributed by atoms with Crippen LogP contribution in [-0.2, 0) is 0 Å². The van der Waals surface area contributed by atoms with E-state index in [1.165, 1.54) is 11.3 Å². The number of hydrogen-bond acceptors (Lipinski definition) is 5. The Morgan fingerprint density at radius 3 is 2.67 bits per heavy atom. The number of nitrogens with zero attached hydrogens (tertiary/aromatic N) is 2. The molecule has 0 radical (unpaired) electrons. The third kappa shape index (κ3) is 3.14. The van der Waals surface area contributed by atoms with E-state index in [-0.39, 0.29) is 5.76 Å². The fraction of sp³-hybridized carbons (Fsp3) is 0.333. The van der Waals surface area contributed by atoms with Crippen molar-refractivity contribution in [3.8, 4) is 17.0 Å². The van der Waals surface area contributed by atoms with E-state index in [1.807, 2.05) is 34.5 Å². The average molecular weight is 343 g/mol. The largest absolute Gasteiger partial charge is 0.510 e. The van der Waals surface area contributed by atoms with E-state index >= 15 is 0 Å². The van der Waals surface area contributed by atoms with Crippen LogP contribution in [0.4, 0.5) is 0 Å². The molecule has 0 amide bonds. The Bertz CT molecular complexity index is 778. The molecule has 2 aromatic rings. The Hall–Kier alpha value is -2.34. The van der Waals surface area contributed by atoms with Crippen LogP contribution >= 0.6 is 11.3 Å². The van der Waals surface area contributed by atoms with E-state index in [4.69, 9.17) is 10.1 Å². The molecule has 0 atom stereocenters. The third-order valence-corrected chi connectivity index (χ3v) is 4.73. The lowest BCUT2D eigenvalue weighted by Crippen LogP contribution is -2.30. The Balaban J connectivity index is 1.84. The van der Waals surface area contributed by atoms with Gasteiger partial charge in [0.25, 0.3) is 0 Å². The van der Waals surface area contributed by atoms with Gasteiger partial charge in [0.15, 0.2) is 0 Å². The quantitative estimate of drug-likeness (QED) is 0.860. The Labute approximate surface area is 145 Å². The van der Waals surface area contributed by atoms with Gasteiger partial charge in [0.2, 0.25) is 0 Å². The van der Waals surface area contributed by atoms with Crippen LogP contribution in [0, 0.1) is 11.3 Å². The van der Waals surface area contributed by atoms with Gasteiger partial charge in [0.05, 0.1) is 24.9 Å². The molecule has 1 aromatic heterocycles. The second-order valence-corrected chi connectivity index (χ2v) is 7.07. The molecule has 2 heterocycles. The van der Waals surface area contributed by atoms with Crippen molar-refractivity contribution in [2.45, 2.75) is 13.8 Å². The first kappa shape index (κ1) is 16.5. The van der Waals surface area contributed by atoms with Crippen molar-refractivity contribution in [2.75, 3.05) is 20.2 Å². The number of aliphatic hydroxyl groups excluding tert-OH is 1. The summed E-state index contributed by atoms with van der Waals surface area (Å²) in [6.45, 7) is 5.36. The number of rotatable bonds is 5. The molecule has 1 aliphatic rings. The summed E-state index contributed by atoms with van der Waals surface area (Å²) in [6, 6.07) is 7.70. The molecule has 126 valence electrons. The fourth-order valence-electron chi connectivity index (χ4n) is 2.74. The van der Waals surface area contributed by atoms with Crippen LogP contribution < -0.4 is 4.74 Å². The van der Waals surface area contributed by atoms with Crippen LogP contribution in [0.5, 0.6) is 5.75 Å². The molecule has 0 unspecified atom stereocenters. The maximum absolute atomic E-state index is 10.3. The Kier molecular flexibility index (Phi) is 4.57. The summed E-state index contributed by atoms with van der Waals surface area (Å²) in [5, 5.41) is 21.3. The van der Waals surface area contributed by atoms with Crippen LogP contribution in [0.3, 0.4) is 0 Å². The monoisotopic (exact) mass is 343 g/mol. The van der Waals surface area contributed by atoms with Crippen LogP contribution in [0.25, 0.3) is 16.8 Å². The molecule has 0 aliphatic carbocycles. The van der Waals surface area contributed by atoms with Crippen LogP contribution in [0.1, 0.15) is 18.9 Å². The topological polar surface area (TPSA) is 69.4 Å². The normalized spacial score (nSPS) is 14.8. The number of hydrogen-bond donors (Lipinski definition) is 2. The van der Waals surface area contributed by atoms with Gasteiger partial charge in [-0.25, -0.2) is 4.98 Å². The molecule has 24 heavy (non-hydrogen) atoms. The number of aliphatic hydroxyl groups is 1. The molecule has 0 spiro atoms. The van der Waals surface area contributed by atoms with E-state index in [2.05, 4.69) is 18.8 Å². The molecule has 1 aliphatic heterocycles. The van der Waals surface area contributed by atoms with Crippen LogP contribution in [0.2, 0.25) is 0 Å². The summed E-state index contributed by atoms with van der Waals surface area (Å²) in [6.07, 6.45) is 0. The van der Waals surface area contributed by atoms with Gasteiger partial charge in [-0.15, -0.1) is 11.3 Å². The highest BCUT2D eigenvalue weighted by Crippen LogP contribution is 2.32. The highest BCUT2D eigenvalue weighted by atomic mass is 32.1. The van der Waals surface area contributed by atoms with E-state index in [9.17, 15) is 5.11 Å². The van der Waals surface area contributed by atoms with Crippen molar-refractivity contribution in [3.63, 3.8) is 0 Å². The third-order valence-electron chi connectivity index (χ3n) is 3.87. The summed E-state index contributed by atoms with van der Waals surface area (Å²) >= 11 is 1.45. The second kappa shape index (κ2) is 6.65. The Morgan fingerprint density at radius 2 is 2.04 bits per heavy atom. The highest BCUT2D eigenvalue weighted by Gasteiger charge is 2.30. The zero-order valence-electron chi connectivity index (χ0n) is 14.0. The van der Waals surface area contributed by atoms with Gasteiger partial charge < -0.3 is 14.7 Å². The van der Waals surface area contributed by atoms with Crippen molar-refractivity contribution in [3.05, 3.63) is 40.4 Å². The summed E-state index contributed by atoms with van der Waals surface area (Å²) in [4.78, 5) is 6.52. The van der Waals surface area contributed by atoms with Gasteiger partial charge >= 0.3 is 0 Å². The lowest BCUT2D eigenvalue weighted by Gasteiger charge is -2.20. The molecular formula is C18H21N3O2S. The molecular weight excluding hydrogens is 322 g/mol. The SMILES string of the molecule is COc1ccc(-c2csc(C3=C(O)CN(CC(C)C)C3=N)n2)cc1. The van der Waals surface area contributed by atoms with E-state index in [1.54, 1.807) is 7.11 Å². The van der Waals surface area contributed by atoms with Crippen molar-refractivity contribution in [2.24, 2.45) is 5.92 Å². The van der Waals surface area contributed by atoms with Crippen molar-refractivity contribution in [1.29, 1.82) is 5.41 Å². The first-order valence-corrected chi connectivity index (χ1v) is 8.74. The lowest BCUT2D eigenvalue weighted by atomic mass is 10.1. The molecule has 6 heteroatoms. The number of nitrogens with one attached hydrogen (secondary N) is 1. The second-order valence-electron chi connectivity index (χ2n) is 6.21. The van der Waals surface area contributed by atoms with Crippen molar-refractivity contribution < 1.29 is 9.84 Å². The molecule has 3 rings (SSSR count). The predicted octanol–water partition coefficient (Wildman–Crippen LogP) is 4.04. The molecule has 0 bridgehead atoms. The van der Waals surface area contributed by atoms with E-state index < -0.39 is 0 Å². The van der Waals surface area contributed by atoms with E-state index in [0.717, 1.165) is 23.6 Å². The highest BCUT2D eigenvalue weighted by molar-refractivity contribution is 7.11. The number of aromatic nitrogens is 1. The fourth-order valence-corrected chi connectivity index (χ4v) is 3.63. The van der Waals surface area contributed by atoms with E-state index in [0.29, 0.717) is 28.9 Å². The zero-order chi connectivity index (χ0) is 17.3. The summed E-state index contributed by atoms with van der Waals surface area (Å²) in [5.41, 5.74) is 2.38. The van der Waals surface area contributed by atoms with Crippen LogP contribution in [-0.4, -0.2) is 41.0 Å². The molecule has 0 saturated carbocycles. The molecule has 2 N–H and O–H groups in total. The summed E-state index contributed by atoms with van der Waals surface area (Å²) in [7, 11) is 1.64. The number of ether oxygens (including phenoxy) is 1. The minimum Gasteiger partial charge on any atom is -0.510 e. The Morgan fingerprint density at radius 1 is 1.33 bits per heavy atom. The lowest BCUT2D eigenvalue weighted by molar-refractivity contribution is 0.329. The first-order valence-electron chi connectivity index (χ1n) is 7.86. The van der Waals surface area contributed by atoms with Gasteiger partial charge in [0.1, 0.15) is 22.4 Å². The zero-order valence-corrected chi connectivity index (χ0v) is 14.9. The summed E-state index contributed by atoms with van der Waals surface area (Å²) in [5.74, 6) is 1.83. The van der Waals surface area contributed by atoms with Crippen molar-refractivity contribution >= 4 is 22.7 Å². The van der Waals surface area contributed by atoms with Gasteiger partial charge in [0, 0.05) is 17.5 Å². The molecule has 5 nitrogen and oxygen atoms in total. The minimum absolute atomic E-state index is 0.233.